The maximum absolute atomic E-state index is 12.2. The van der Waals surface area contributed by atoms with Crippen LogP contribution in [-0.4, -0.2) is 35.1 Å². The quantitative estimate of drug-likeness (QED) is 0.848. The van der Waals surface area contributed by atoms with E-state index in [0.717, 1.165) is 0 Å². The van der Waals surface area contributed by atoms with E-state index in [2.05, 4.69) is 5.32 Å². The third-order valence-corrected chi connectivity index (χ3v) is 5.06. The molecule has 1 aliphatic carbocycles. The molecule has 0 radical (unpaired) electrons. The van der Waals surface area contributed by atoms with Crippen molar-refractivity contribution < 1.29 is 9.59 Å². The number of amides is 2. The minimum atomic E-state index is -1.05. The van der Waals surface area contributed by atoms with E-state index < -0.39 is 9.75 Å². The van der Waals surface area contributed by atoms with Crippen molar-refractivity contribution in [2.24, 2.45) is 5.41 Å². The van der Waals surface area contributed by atoms with E-state index in [1.54, 1.807) is 39.2 Å². The summed E-state index contributed by atoms with van der Waals surface area (Å²) in [7, 11) is 3.30. The largest absolute Gasteiger partial charge is 0.345 e. The van der Waals surface area contributed by atoms with E-state index in [0.29, 0.717) is 22.7 Å². The molecular weight excluding hydrogens is 335 g/mol. The van der Waals surface area contributed by atoms with Crippen LogP contribution in [0.5, 0.6) is 0 Å². The van der Waals surface area contributed by atoms with Crippen LogP contribution in [0.15, 0.2) is 18.2 Å². The van der Waals surface area contributed by atoms with Gasteiger partial charge in [-0.05, 0) is 31.5 Å². The zero-order valence-corrected chi connectivity index (χ0v) is 14.1. The normalized spacial score (nSPS) is 22.6. The van der Waals surface area contributed by atoms with Gasteiger partial charge in [-0.1, -0.05) is 11.6 Å². The SMILES string of the molecule is CN(C)C(=O)c1ccc(Cl)c(NC(=O)[C@@]2(C)CC2(Cl)Cl)c1. The zero-order chi connectivity index (χ0) is 16.0. The molecule has 0 aliphatic heterocycles. The van der Waals surface area contributed by atoms with Crippen LogP contribution < -0.4 is 5.32 Å². The first-order valence-corrected chi connectivity index (χ1v) is 7.42. The molecule has 0 bridgehead atoms. The summed E-state index contributed by atoms with van der Waals surface area (Å²) < 4.78 is -1.05. The molecule has 1 fully saturated rings. The summed E-state index contributed by atoms with van der Waals surface area (Å²) >= 11 is 18.0. The van der Waals surface area contributed by atoms with Crippen molar-refractivity contribution in [3.8, 4) is 0 Å². The van der Waals surface area contributed by atoms with Crippen molar-refractivity contribution in [2.45, 2.75) is 17.7 Å². The molecule has 0 unspecified atom stereocenters. The average Bonchev–Trinajstić information content (AvgIpc) is 2.91. The highest BCUT2D eigenvalue weighted by atomic mass is 35.5. The Kier molecular flexibility index (Phi) is 4.17. The molecule has 0 heterocycles. The molecule has 0 saturated heterocycles. The molecule has 1 aromatic rings. The van der Waals surface area contributed by atoms with Crippen molar-refractivity contribution in [3.05, 3.63) is 28.8 Å². The van der Waals surface area contributed by atoms with Crippen LogP contribution in [-0.2, 0) is 4.79 Å². The molecule has 7 heteroatoms. The Morgan fingerprint density at radius 2 is 1.86 bits per heavy atom. The number of hydrogen-bond donors (Lipinski definition) is 1. The highest BCUT2D eigenvalue weighted by Gasteiger charge is 2.67. The molecule has 2 amide bonds. The summed E-state index contributed by atoms with van der Waals surface area (Å²) in [6.45, 7) is 1.69. The molecule has 1 N–H and O–H groups in total. The second-order valence-corrected chi connectivity index (χ2v) is 7.45. The first-order chi connectivity index (χ1) is 9.58. The molecule has 4 nitrogen and oxygen atoms in total. The van der Waals surface area contributed by atoms with Crippen molar-refractivity contribution in [1.82, 2.24) is 4.90 Å². The summed E-state index contributed by atoms with van der Waals surface area (Å²) in [5, 5.41) is 3.04. The lowest BCUT2D eigenvalue weighted by atomic mass is 10.1. The highest BCUT2D eigenvalue weighted by Crippen LogP contribution is 2.64. The van der Waals surface area contributed by atoms with Crippen LogP contribution in [0.2, 0.25) is 5.02 Å². The summed E-state index contributed by atoms with van der Waals surface area (Å²) in [5.41, 5.74) is -0.0450. The standard InChI is InChI=1S/C14H15Cl3N2O2/c1-13(7-14(13,16)17)12(21)18-10-6-8(4-5-9(10)15)11(20)19(2)3/h4-6H,7H2,1-3H3,(H,18,21)/t13-/m1/s1. The highest BCUT2D eigenvalue weighted by molar-refractivity contribution is 6.53. The van der Waals surface area contributed by atoms with Crippen LogP contribution in [0.1, 0.15) is 23.7 Å². The van der Waals surface area contributed by atoms with E-state index in [1.165, 1.54) is 4.90 Å². The summed E-state index contributed by atoms with van der Waals surface area (Å²) in [5.74, 6) is -0.493. The molecule has 0 spiro atoms. The number of rotatable bonds is 3. The van der Waals surface area contributed by atoms with Crippen LogP contribution >= 0.6 is 34.8 Å². The molecule has 1 saturated carbocycles. The molecule has 1 aliphatic rings. The van der Waals surface area contributed by atoms with Crippen LogP contribution in [0.4, 0.5) is 5.69 Å². The summed E-state index contributed by atoms with van der Waals surface area (Å²) in [6, 6.07) is 4.71. The fourth-order valence-electron chi connectivity index (χ4n) is 1.92. The number of halogens is 3. The van der Waals surface area contributed by atoms with Gasteiger partial charge in [0.1, 0.15) is 4.33 Å². The second kappa shape index (κ2) is 5.34. The number of carbonyl (C=O) groups is 2. The van der Waals surface area contributed by atoms with Crippen molar-refractivity contribution >= 4 is 52.3 Å². The Bertz CT molecular complexity index is 616. The van der Waals surface area contributed by atoms with E-state index in [-0.39, 0.29) is 11.8 Å². The second-order valence-electron chi connectivity index (χ2n) is 5.56. The van der Waals surface area contributed by atoms with E-state index in [1.807, 2.05) is 0 Å². The number of nitrogens with one attached hydrogen (secondary N) is 1. The number of anilines is 1. The Labute approximate surface area is 138 Å². The molecule has 0 aromatic heterocycles. The smallest absolute Gasteiger partial charge is 0.253 e. The van der Waals surface area contributed by atoms with Gasteiger partial charge in [0.25, 0.3) is 5.91 Å². The van der Waals surface area contributed by atoms with Gasteiger partial charge in [-0.3, -0.25) is 9.59 Å². The summed E-state index contributed by atoms with van der Waals surface area (Å²) in [4.78, 5) is 25.6. The Morgan fingerprint density at radius 1 is 1.29 bits per heavy atom. The molecule has 1 aromatic carbocycles. The first-order valence-electron chi connectivity index (χ1n) is 6.29. The van der Waals surface area contributed by atoms with Crippen molar-refractivity contribution in [1.29, 1.82) is 0 Å². The summed E-state index contributed by atoms with van der Waals surface area (Å²) in [6.07, 6.45) is 0.378. The number of hydrogen-bond acceptors (Lipinski definition) is 2. The van der Waals surface area contributed by atoms with Gasteiger partial charge in [0, 0.05) is 19.7 Å². The third-order valence-electron chi connectivity index (χ3n) is 3.63. The number of carbonyl (C=O) groups excluding carboxylic acids is 2. The van der Waals surface area contributed by atoms with Gasteiger partial charge in [0.2, 0.25) is 5.91 Å². The van der Waals surface area contributed by atoms with Crippen LogP contribution in [0, 0.1) is 5.41 Å². The molecule has 114 valence electrons. The Hall–Kier alpha value is -0.970. The predicted octanol–water partition coefficient (Wildman–Crippen LogP) is 3.56. The molecule has 21 heavy (non-hydrogen) atoms. The maximum Gasteiger partial charge on any atom is 0.253 e. The van der Waals surface area contributed by atoms with Gasteiger partial charge < -0.3 is 10.2 Å². The van der Waals surface area contributed by atoms with Gasteiger partial charge in [0.15, 0.2) is 0 Å². The lowest BCUT2D eigenvalue weighted by Crippen LogP contribution is -2.26. The minimum Gasteiger partial charge on any atom is -0.345 e. The van der Waals surface area contributed by atoms with Crippen molar-refractivity contribution in [2.75, 3.05) is 19.4 Å². The lowest BCUT2D eigenvalue weighted by molar-refractivity contribution is -0.120. The minimum absolute atomic E-state index is 0.177. The van der Waals surface area contributed by atoms with Gasteiger partial charge in [-0.15, -0.1) is 23.2 Å². The van der Waals surface area contributed by atoms with Crippen LogP contribution in [0.3, 0.4) is 0 Å². The fourth-order valence-corrected chi connectivity index (χ4v) is 2.79. The first kappa shape index (κ1) is 16.4. The Morgan fingerprint density at radius 3 is 2.33 bits per heavy atom. The van der Waals surface area contributed by atoms with Gasteiger partial charge in [-0.25, -0.2) is 0 Å². The Balaban J connectivity index is 2.23. The maximum atomic E-state index is 12.2. The van der Waals surface area contributed by atoms with E-state index in [4.69, 9.17) is 34.8 Å². The average molecular weight is 350 g/mol. The van der Waals surface area contributed by atoms with Gasteiger partial charge >= 0.3 is 0 Å². The fraction of sp³-hybridized carbons (Fsp3) is 0.429. The predicted molar refractivity (Wildman–Crippen MR) is 85.3 cm³/mol. The van der Waals surface area contributed by atoms with E-state index >= 15 is 0 Å². The molecule has 1 atom stereocenters. The number of benzene rings is 1. The van der Waals surface area contributed by atoms with Gasteiger partial charge in [-0.2, -0.15) is 0 Å². The lowest BCUT2D eigenvalue weighted by Gasteiger charge is -2.15. The van der Waals surface area contributed by atoms with Crippen molar-refractivity contribution in [3.63, 3.8) is 0 Å². The molecular formula is C14H15Cl3N2O2. The number of nitrogens with zero attached hydrogens (tertiary/aromatic N) is 1. The molecule has 2 rings (SSSR count). The van der Waals surface area contributed by atoms with E-state index in [9.17, 15) is 9.59 Å². The van der Waals surface area contributed by atoms with Crippen LogP contribution in [0.25, 0.3) is 0 Å². The zero-order valence-electron chi connectivity index (χ0n) is 11.8. The number of alkyl halides is 2. The van der Waals surface area contributed by atoms with Gasteiger partial charge in [0.05, 0.1) is 16.1 Å². The monoisotopic (exact) mass is 348 g/mol. The third kappa shape index (κ3) is 2.98. The topological polar surface area (TPSA) is 49.4 Å².